The number of fused-ring (bicyclic) bond motifs is 3. The van der Waals surface area contributed by atoms with Crippen LogP contribution in [0.1, 0.15) is 12.0 Å². The molecule has 5 heterocycles. The number of carbonyl (C=O) groups is 1. The average Bonchev–Trinajstić information content (AvgIpc) is 3.45. The van der Waals surface area contributed by atoms with E-state index in [1.54, 1.807) is 4.52 Å². The quantitative estimate of drug-likeness (QED) is 0.308. The summed E-state index contributed by atoms with van der Waals surface area (Å²) in [6, 6.07) is 13.4. The summed E-state index contributed by atoms with van der Waals surface area (Å²) >= 11 is 0. The van der Waals surface area contributed by atoms with Crippen molar-refractivity contribution in [3.05, 3.63) is 78.5 Å². The minimum Gasteiger partial charge on any atom is -0.457 e. The number of nitrogens with one attached hydrogen (secondary N) is 1. The van der Waals surface area contributed by atoms with E-state index in [2.05, 4.69) is 30.3 Å². The second-order valence-corrected chi connectivity index (χ2v) is 10.4. The Morgan fingerprint density at radius 3 is 2.85 bits per heavy atom. The third-order valence-electron chi connectivity index (χ3n) is 7.26. The molecule has 200 valence electrons. The van der Waals surface area contributed by atoms with Crippen LogP contribution >= 0.6 is 0 Å². The molecule has 1 aliphatic heterocycles. The van der Waals surface area contributed by atoms with Gasteiger partial charge >= 0.3 is 0 Å². The zero-order valence-corrected chi connectivity index (χ0v) is 22.3. The maximum atomic E-state index is 13.3. The Labute approximate surface area is 230 Å². The van der Waals surface area contributed by atoms with Gasteiger partial charge in [0.1, 0.15) is 35.5 Å². The molecule has 5 aromatic rings. The Bertz CT molecular complexity index is 1810. The first-order valence-electron chi connectivity index (χ1n) is 13.1. The lowest BCUT2D eigenvalue weighted by atomic mass is 10.1. The molecule has 2 aliphatic rings. The molecule has 11 heteroatoms. The first-order chi connectivity index (χ1) is 19.4. The number of ether oxygens (including phenoxy) is 1. The van der Waals surface area contributed by atoms with Gasteiger partial charge in [0.15, 0.2) is 11.5 Å². The lowest BCUT2D eigenvalue weighted by Crippen LogP contribution is -2.30. The minimum absolute atomic E-state index is 0.0377. The smallest absolute Gasteiger partial charge is 0.255 e. The molecule has 0 bridgehead atoms. The summed E-state index contributed by atoms with van der Waals surface area (Å²) in [5.41, 5.74) is 4.68. The van der Waals surface area contributed by atoms with Gasteiger partial charge in [0, 0.05) is 42.0 Å². The number of aryl methyl sites for hydroxylation is 1. The van der Waals surface area contributed by atoms with Crippen LogP contribution in [0.4, 0.5) is 17.3 Å². The Kier molecular flexibility index (Phi) is 5.67. The highest BCUT2D eigenvalue weighted by Crippen LogP contribution is 2.50. The van der Waals surface area contributed by atoms with E-state index in [4.69, 9.17) is 9.72 Å². The summed E-state index contributed by atoms with van der Waals surface area (Å²) in [7, 11) is 4.00. The van der Waals surface area contributed by atoms with Crippen molar-refractivity contribution in [2.75, 3.05) is 30.9 Å². The topological polar surface area (TPSA) is 114 Å². The summed E-state index contributed by atoms with van der Waals surface area (Å²) < 4.78 is 7.79. The zero-order valence-electron chi connectivity index (χ0n) is 22.3. The Balaban J connectivity index is 1.14. The molecule has 1 aliphatic carbocycles. The molecule has 1 aromatic carbocycles. The fourth-order valence-corrected chi connectivity index (χ4v) is 5.16. The number of carbonyl (C=O) groups excluding carboxylic acids is 1. The highest BCUT2D eigenvalue weighted by molar-refractivity contribution is 6.11. The van der Waals surface area contributed by atoms with Gasteiger partial charge in [-0.15, -0.1) is 0 Å². The lowest BCUT2D eigenvalue weighted by molar-refractivity contribution is -0.114. The average molecular weight is 534 g/mol. The van der Waals surface area contributed by atoms with E-state index in [1.165, 1.54) is 12.7 Å². The fourth-order valence-electron chi connectivity index (χ4n) is 5.16. The van der Waals surface area contributed by atoms with Crippen LogP contribution in [0.3, 0.4) is 0 Å². The predicted molar refractivity (Wildman–Crippen MR) is 151 cm³/mol. The molecule has 0 spiro atoms. The molecule has 11 nitrogen and oxygen atoms in total. The standard InChI is InChI=1S/C29H27N9O2/c1-17-12-18(4-6-24(17)40-19-8-11-37-26(13-19)31-16-33-37)34-28-27-22(30-15-32-28)5-7-25(35-27)38-23-14-21(23)20(29(38)39)9-10-36(2)3/h4-9,11-13,15-16,21,23H,10,14H2,1-3H3,(H,30,32,34)/b20-9+/t21?,23-/m0/s1. The van der Waals surface area contributed by atoms with E-state index in [1.807, 2.05) is 80.7 Å². The van der Waals surface area contributed by atoms with Crippen LogP contribution in [0.25, 0.3) is 16.7 Å². The van der Waals surface area contributed by atoms with Crippen LogP contribution in [0.5, 0.6) is 11.5 Å². The van der Waals surface area contributed by atoms with E-state index in [0.29, 0.717) is 34.1 Å². The van der Waals surface area contributed by atoms with E-state index in [9.17, 15) is 4.79 Å². The zero-order chi connectivity index (χ0) is 27.4. The molecule has 1 N–H and O–H groups in total. The van der Waals surface area contributed by atoms with Crippen LogP contribution in [0.15, 0.2) is 73.0 Å². The first-order valence-corrected chi connectivity index (χ1v) is 13.1. The van der Waals surface area contributed by atoms with Crippen molar-refractivity contribution >= 4 is 39.9 Å². The number of benzene rings is 1. The Morgan fingerprint density at radius 2 is 2.00 bits per heavy atom. The van der Waals surface area contributed by atoms with Gasteiger partial charge in [0.25, 0.3) is 5.91 Å². The number of aromatic nitrogens is 6. The number of pyridine rings is 2. The Hall–Kier alpha value is -4.90. The van der Waals surface area contributed by atoms with Crippen molar-refractivity contribution < 1.29 is 9.53 Å². The van der Waals surface area contributed by atoms with Gasteiger partial charge < -0.3 is 15.0 Å². The largest absolute Gasteiger partial charge is 0.457 e. The number of rotatable bonds is 7. The molecule has 1 amide bonds. The van der Waals surface area contributed by atoms with Crippen LogP contribution in [0.2, 0.25) is 0 Å². The molecule has 40 heavy (non-hydrogen) atoms. The second-order valence-electron chi connectivity index (χ2n) is 10.4. The van der Waals surface area contributed by atoms with Gasteiger partial charge in [-0.3, -0.25) is 9.69 Å². The van der Waals surface area contributed by atoms with E-state index < -0.39 is 0 Å². The second kappa shape index (κ2) is 9.38. The fraction of sp³-hybridized carbons (Fsp3) is 0.241. The summed E-state index contributed by atoms with van der Waals surface area (Å²) in [5.74, 6) is 2.93. The van der Waals surface area contributed by atoms with Crippen molar-refractivity contribution in [1.82, 2.24) is 34.4 Å². The molecule has 2 fully saturated rings. The summed E-state index contributed by atoms with van der Waals surface area (Å²) in [6.07, 6.45) is 7.85. The van der Waals surface area contributed by atoms with Crippen LogP contribution in [-0.4, -0.2) is 67.0 Å². The summed E-state index contributed by atoms with van der Waals surface area (Å²) in [5, 5.41) is 7.49. The van der Waals surface area contributed by atoms with Gasteiger partial charge in [-0.2, -0.15) is 5.10 Å². The molecule has 2 atom stereocenters. The number of hydrogen-bond donors (Lipinski definition) is 1. The highest BCUT2D eigenvalue weighted by Gasteiger charge is 2.56. The van der Waals surface area contributed by atoms with E-state index in [0.717, 1.165) is 35.5 Å². The van der Waals surface area contributed by atoms with Crippen LogP contribution in [0, 0.1) is 12.8 Å². The van der Waals surface area contributed by atoms with E-state index >= 15 is 0 Å². The van der Waals surface area contributed by atoms with Crippen molar-refractivity contribution in [2.45, 2.75) is 19.4 Å². The highest BCUT2D eigenvalue weighted by atomic mass is 16.5. The number of piperidine rings is 1. The number of nitrogens with zero attached hydrogens (tertiary/aromatic N) is 8. The monoisotopic (exact) mass is 533 g/mol. The molecule has 1 saturated carbocycles. The van der Waals surface area contributed by atoms with Crippen molar-refractivity contribution in [3.63, 3.8) is 0 Å². The maximum absolute atomic E-state index is 13.3. The van der Waals surface area contributed by atoms with Gasteiger partial charge in [-0.25, -0.2) is 24.5 Å². The predicted octanol–water partition coefficient (Wildman–Crippen LogP) is 4.13. The van der Waals surface area contributed by atoms with Crippen LogP contribution < -0.4 is 15.0 Å². The van der Waals surface area contributed by atoms with Crippen molar-refractivity contribution in [1.29, 1.82) is 0 Å². The third kappa shape index (κ3) is 4.30. The number of amides is 1. The first kappa shape index (κ1) is 24.2. The van der Waals surface area contributed by atoms with Gasteiger partial charge in [-0.1, -0.05) is 6.08 Å². The molecule has 4 aromatic heterocycles. The third-order valence-corrected chi connectivity index (χ3v) is 7.26. The van der Waals surface area contributed by atoms with Crippen molar-refractivity contribution in [2.24, 2.45) is 5.92 Å². The lowest BCUT2D eigenvalue weighted by Gasteiger charge is -2.18. The summed E-state index contributed by atoms with van der Waals surface area (Å²) in [6.45, 7) is 2.72. The SMILES string of the molecule is Cc1cc(Nc2ncnc3ccc(N4C(=O)/C(=C/CN(C)C)C5C[C@@H]54)nc23)ccc1Oc1ccn2ncnc2c1. The van der Waals surface area contributed by atoms with Gasteiger partial charge in [0.2, 0.25) is 0 Å². The normalized spacial score (nSPS) is 19.1. The molecule has 7 rings (SSSR count). The number of likely N-dealkylation sites (N-methyl/N-ethyl adjacent to an activating group) is 1. The van der Waals surface area contributed by atoms with Crippen LogP contribution in [-0.2, 0) is 4.79 Å². The summed E-state index contributed by atoms with van der Waals surface area (Å²) in [4.78, 5) is 35.1. The van der Waals surface area contributed by atoms with Gasteiger partial charge in [-0.05, 0) is 69.4 Å². The maximum Gasteiger partial charge on any atom is 0.255 e. The number of anilines is 3. The van der Waals surface area contributed by atoms with E-state index in [-0.39, 0.29) is 17.9 Å². The molecule has 1 saturated heterocycles. The Morgan fingerprint density at radius 1 is 1.10 bits per heavy atom. The molecule has 0 radical (unpaired) electrons. The molecular weight excluding hydrogens is 506 g/mol. The number of hydrogen-bond acceptors (Lipinski definition) is 9. The molecule has 1 unspecified atom stereocenters. The molecular formula is C29H27N9O2. The van der Waals surface area contributed by atoms with Crippen molar-refractivity contribution in [3.8, 4) is 11.5 Å². The minimum atomic E-state index is 0.0377. The van der Waals surface area contributed by atoms with Gasteiger partial charge in [0.05, 0.1) is 5.52 Å².